The van der Waals surface area contributed by atoms with Crippen molar-refractivity contribution >= 4 is 23.1 Å². The number of nitrogens with one attached hydrogen (secondary N) is 1. The number of aliphatic hydroxyl groups is 1. The monoisotopic (exact) mass is 272 g/mol. The van der Waals surface area contributed by atoms with E-state index >= 15 is 0 Å². The first-order chi connectivity index (χ1) is 9.22. The summed E-state index contributed by atoms with van der Waals surface area (Å²) in [4.78, 5) is 16.8. The number of aliphatic hydroxyl groups excluding tert-OH is 1. The average molecular weight is 272 g/mol. The molecule has 2 heterocycles. The fraction of sp³-hybridized carbons (Fsp3) is 0.143. The molecule has 0 atom stereocenters. The first kappa shape index (κ1) is 13.3. The third-order valence-electron chi connectivity index (χ3n) is 2.41. The molecule has 4 nitrogen and oxygen atoms in total. The van der Waals surface area contributed by atoms with Gasteiger partial charge < -0.3 is 10.4 Å². The minimum absolute atomic E-state index is 0.226. The second kappa shape index (κ2) is 6.14. The topological polar surface area (TPSA) is 62.2 Å². The Labute approximate surface area is 115 Å². The summed E-state index contributed by atoms with van der Waals surface area (Å²) in [6, 6.07) is 5.45. The summed E-state index contributed by atoms with van der Waals surface area (Å²) in [5, 5.41) is 13.2. The van der Waals surface area contributed by atoms with E-state index in [0.717, 1.165) is 5.56 Å². The van der Waals surface area contributed by atoms with E-state index in [1.54, 1.807) is 17.6 Å². The van der Waals surface area contributed by atoms with Gasteiger partial charge in [-0.3, -0.25) is 4.79 Å². The summed E-state index contributed by atoms with van der Waals surface area (Å²) in [6.45, 7) is 1.65. The minimum atomic E-state index is -0.237. The van der Waals surface area contributed by atoms with E-state index in [1.807, 2.05) is 19.1 Å². The fourth-order valence-corrected chi connectivity index (χ4v) is 2.24. The predicted molar refractivity (Wildman–Crippen MR) is 75.2 cm³/mol. The zero-order chi connectivity index (χ0) is 13.7. The van der Waals surface area contributed by atoms with Gasteiger partial charge in [-0.05, 0) is 30.0 Å². The molecule has 0 saturated heterocycles. The lowest BCUT2D eigenvalue weighted by molar-refractivity contribution is 0.103. The lowest BCUT2D eigenvalue weighted by Crippen LogP contribution is -2.13. The summed E-state index contributed by atoms with van der Waals surface area (Å²) < 4.78 is 0. The Morgan fingerprint density at radius 3 is 3.11 bits per heavy atom. The van der Waals surface area contributed by atoms with Crippen molar-refractivity contribution in [3.8, 4) is 11.8 Å². The van der Waals surface area contributed by atoms with Crippen LogP contribution in [0, 0.1) is 18.8 Å². The van der Waals surface area contributed by atoms with Crippen molar-refractivity contribution in [2.75, 3.05) is 11.9 Å². The van der Waals surface area contributed by atoms with E-state index in [-0.39, 0.29) is 12.5 Å². The van der Waals surface area contributed by atoms with Crippen LogP contribution in [-0.2, 0) is 0 Å². The molecule has 19 heavy (non-hydrogen) atoms. The molecule has 2 N–H and O–H groups in total. The second-order valence-corrected chi connectivity index (χ2v) is 4.66. The summed E-state index contributed by atoms with van der Waals surface area (Å²) in [6.07, 6.45) is 1.63. The second-order valence-electron chi connectivity index (χ2n) is 3.75. The number of hydrogen-bond donors (Lipinski definition) is 2. The van der Waals surface area contributed by atoms with Crippen LogP contribution in [0.25, 0.3) is 0 Å². The van der Waals surface area contributed by atoms with E-state index < -0.39 is 0 Å². The Morgan fingerprint density at radius 1 is 1.53 bits per heavy atom. The Kier molecular flexibility index (Phi) is 4.29. The highest BCUT2D eigenvalue weighted by Crippen LogP contribution is 2.18. The lowest BCUT2D eigenvalue weighted by atomic mass is 10.2. The van der Waals surface area contributed by atoms with Crippen LogP contribution in [0.2, 0.25) is 0 Å². The molecule has 1 amide bonds. The van der Waals surface area contributed by atoms with Crippen LogP contribution in [0.15, 0.2) is 29.8 Å². The van der Waals surface area contributed by atoms with Crippen molar-refractivity contribution in [1.82, 2.24) is 4.98 Å². The van der Waals surface area contributed by atoms with Gasteiger partial charge >= 0.3 is 0 Å². The van der Waals surface area contributed by atoms with Gasteiger partial charge in [-0.25, -0.2) is 4.98 Å². The number of rotatable bonds is 2. The highest BCUT2D eigenvalue weighted by molar-refractivity contribution is 7.12. The number of anilines is 1. The van der Waals surface area contributed by atoms with Crippen LogP contribution in [0.1, 0.15) is 20.8 Å². The molecule has 0 aliphatic carbocycles. The van der Waals surface area contributed by atoms with Crippen molar-refractivity contribution in [1.29, 1.82) is 0 Å². The largest absolute Gasteiger partial charge is 0.384 e. The van der Waals surface area contributed by atoms with E-state index in [4.69, 9.17) is 5.11 Å². The number of aryl methyl sites for hydroxylation is 1. The number of hydrogen-bond acceptors (Lipinski definition) is 4. The molecule has 0 aromatic carbocycles. The van der Waals surface area contributed by atoms with Crippen LogP contribution >= 0.6 is 11.3 Å². The maximum atomic E-state index is 12.1. The van der Waals surface area contributed by atoms with Crippen LogP contribution in [-0.4, -0.2) is 22.6 Å². The number of carbonyl (C=O) groups excluding carboxylic acids is 1. The number of amides is 1. The molecule has 0 bridgehead atoms. The van der Waals surface area contributed by atoms with E-state index in [0.29, 0.717) is 16.3 Å². The van der Waals surface area contributed by atoms with Gasteiger partial charge in [0.25, 0.3) is 5.91 Å². The maximum absolute atomic E-state index is 12.1. The molecule has 0 aliphatic rings. The summed E-state index contributed by atoms with van der Waals surface area (Å²) >= 11 is 1.31. The van der Waals surface area contributed by atoms with Crippen LogP contribution in [0.4, 0.5) is 5.82 Å². The maximum Gasteiger partial charge on any atom is 0.268 e. The van der Waals surface area contributed by atoms with Crippen LogP contribution in [0.5, 0.6) is 0 Å². The van der Waals surface area contributed by atoms with Gasteiger partial charge in [0.1, 0.15) is 17.3 Å². The van der Waals surface area contributed by atoms with E-state index in [9.17, 15) is 4.79 Å². The summed E-state index contributed by atoms with van der Waals surface area (Å²) in [5.41, 5.74) is 1.51. The fourth-order valence-electron chi connectivity index (χ4n) is 1.50. The highest BCUT2D eigenvalue weighted by atomic mass is 32.1. The number of aromatic nitrogens is 1. The van der Waals surface area contributed by atoms with Crippen molar-refractivity contribution in [2.45, 2.75) is 6.92 Å². The average Bonchev–Trinajstić information content (AvgIpc) is 2.87. The molecule has 0 fully saturated rings. The van der Waals surface area contributed by atoms with Crippen molar-refractivity contribution in [3.63, 3.8) is 0 Å². The molecule has 0 unspecified atom stereocenters. The van der Waals surface area contributed by atoms with Crippen molar-refractivity contribution in [2.24, 2.45) is 0 Å². The normalized spacial score (nSPS) is 9.58. The first-order valence-electron chi connectivity index (χ1n) is 5.62. The SMILES string of the molecule is Cc1cccnc1NC(=O)c1sccc1C#CCO. The third kappa shape index (κ3) is 3.19. The Morgan fingerprint density at radius 2 is 2.37 bits per heavy atom. The van der Waals surface area contributed by atoms with Gasteiger partial charge in [-0.15, -0.1) is 11.3 Å². The van der Waals surface area contributed by atoms with Gasteiger partial charge in [-0.1, -0.05) is 17.9 Å². The van der Waals surface area contributed by atoms with Gasteiger partial charge in [-0.2, -0.15) is 0 Å². The Bertz CT molecular complexity index is 653. The molecule has 0 spiro atoms. The minimum Gasteiger partial charge on any atom is -0.384 e. The number of carbonyl (C=O) groups is 1. The molecular weight excluding hydrogens is 260 g/mol. The van der Waals surface area contributed by atoms with Crippen LogP contribution < -0.4 is 5.32 Å². The van der Waals surface area contributed by atoms with Crippen molar-refractivity contribution in [3.05, 3.63) is 45.8 Å². The molecular formula is C14H12N2O2S. The van der Waals surface area contributed by atoms with Gasteiger partial charge in [0.2, 0.25) is 0 Å². The standard InChI is InChI=1S/C14H12N2O2S/c1-10-4-2-7-15-13(10)16-14(18)12-11(5-3-8-17)6-9-19-12/h2,4,6-7,9,17H,8H2,1H3,(H,15,16,18). The smallest absolute Gasteiger partial charge is 0.268 e. The summed E-state index contributed by atoms with van der Waals surface area (Å²) in [5.74, 6) is 5.60. The summed E-state index contributed by atoms with van der Waals surface area (Å²) in [7, 11) is 0. The van der Waals surface area contributed by atoms with Crippen molar-refractivity contribution < 1.29 is 9.90 Å². The zero-order valence-electron chi connectivity index (χ0n) is 10.3. The Hall–Kier alpha value is -2.16. The molecule has 2 rings (SSSR count). The molecule has 0 aliphatic heterocycles. The highest BCUT2D eigenvalue weighted by Gasteiger charge is 2.13. The van der Waals surface area contributed by atoms with Crippen LogP contribution in [0.3, 0.4) is 0 Å². The van der Waals surface area contributed by atoms with Gasteiger partial charge in [0.05, 0.1) is 0 Å². The molecule has 2 aromatic rings. The third-order valence-corrected chi connectivity index (χ3v) is 3.33. The first-order valence-corrected chi connectivity index (χ1v) is 6.50. The number of thiophene rings is 1. The quantitative estimate of drug-likeness (QED) is 0.822. The number of nitrogens with zero attached hydrogens (tertiary/aromatic N) is 1. The molecule has 5 heteroatoms. The zero-order valence-corrected chi connectivity index (χ0v) is 11.1. The van der Waals surface area contributed by atoms with Gasteiger partial charge in [0.15, 0.2) is 0 Å². The predicted octanol–water partition coefficient (Wildman–Crippen LogP) is 2.05. The lowest BCUT2D eigenvalue weighted by Gasteiger charge is -2.05. The molecule has 96 valence electrons. The van der Waals surface area contributed by atoms with E-state index in [1.165, 1.54) is 11.3 Å². The Balaban J connectivity index is 2.22. The number of pyridine rings is 1. The molecule has 2 aromatic heterocycles. The van der Waals surface area contributed by atoms with E-state index in [2.05, 4.69) is 22.1 Å². The molecule has 0 radical (unpaired) electrons. The van der Waals surface area contributed by atoms with Gasteiger partial charge in [0, 0.05) is 11.8 Å². The molecule has 0 saturated carbocycles.